The van der Waals surface area contributed by atoms with E-state index in [4.69, 9.17) is 26.9 Å². The highest BCUT2D eigenvalue weighted by Gasteiger charge is 2.32. The molecule has 0 atom stereocenters. The topological polar surface area (TPSA) is 84.6 Å². The van der Waals surface area contributed by atoms with Crippen molar-refractivity contribution in [1.82, 2.24) is 20.1 Å². The van der Waals surface area contributed by atoms with Crippen LogP contribution < -0.4 is 11.2 Å². The minimum atomic E-state index is 0.308. The molecule has 4 heterocycles. The number of nitrogens with zero attached hydrogens (tertiary/aromatic N) is 4. The Kier molecular flexibility index (Phi) is 4.52. The lowest BCUT2D eigenvalue weighted by molar-refractivity contribution is 0.188. The maximum atomic E-state index is 6.33. The lowest BCUT2D eigenvalue weighted by Gasteiger charge is -2.31. The lowest BCUT2D eigenvalue weighted by atomic mass is 10.0. The van der Waals surface area contributed by atoms with Crippen molar-refractivity contribution in [3.63, 3.8) is 0 Å². The molecule has 3 aromatic rings. The zero-order chi connectivity index (χ0) is 20.1. The number of aryl methyl sites for hydroxylation is 1. The largest absolute Gasteiger partial charge is 0.454 e. The molecule has 0 aliphatic carbocycles. The molecular formula is C21H25ClN6O. The summed E-state index contributed by atoms with van der Waals surface area (Å²) in [6.45, 7) is 8.07. The number of furan rings is 1. The van der Waals surface area contributed by atoms with Gasteiger partial charge < -0.3 is 20.5 Å². The predicted octanol–water partition coefficient (Wildman–Crippen LogP) is 3.64. The highest BCUT2D eigenvalue weighted by atomic mass is 35.5. The Morgan fingerprint density at radius 3 is 2.86 bits per heavy atom. The van der Waals surface area contributed by atoms with Crippen LogP contribution in [0.25, 0.3) is 22.4 Å². The molecule has 1 saturated heterocycles. The fourth-order valence-electron chi connectivity index (χ4n) is 4.51. The molecule has 3 N–H and O–H groups in total. The number of fused-ring (bicyclic) bond motifs is 2. The van der Waals surface area contributed by atoms with Gasteiger partial charge >= 0.3 is 0 Å². The zero-order valence-corrected chi connectivity index (χ0v) is 17.5. The maximum Gasteiger partial charge on any atom is 0.157 e. The molecule has 2 aliphatic rings. The van der Waals surface area contributed by atoms with E-state index in [9.17, 15) is 0 Å². The first-order valence-electron chi connectivity index (χ1n) is 10.2. The first-order valence-corrected chi connectivity index (χ1v) is 10.5. The molecule has 2 aromatic heterocycles. The molecule has 152 valence electrons. The summed E-state index contributed by atoms with van der Waals surface area (Å²) >= 11 is 6.23. The number of hydrogen-bond donors (Lipinski definition) is 2. The molecule has 2 aliphatic heterocycles. The van der Waals surface area contributed by atoms with E-state index in [1.165, 1.54) is 0 Å². The van der Waals surface area contributed by atoms with Gasteiger partial charge in [0.2, 0.25) is 0 Å². The van der Waals surface area contributed by atoms with E-state index in [-0.39, 0.29) is 0 Å². The molecule has 0 saturated carbocycles. The first-order chi connectivity index (χ1) is 14.1. The van der Waals surface area contributed by atoms with Crippen LogP contribution in [0, 0.1) is 6.92 Å². The van der Waals surface area contributed by atoms with Crippen LogP contribution in [0.1, 0.15) is 42.6 Å². The van der Waals surface area contributed by atoms with Crippen molar-refractivity contribution in [2.24, 2.45) is 10.8 Å². The fourth-order valence-corrected chi connectivity index (χ4v) is 4.68. The minimum absolute atomic E-state index is 0.308. The molecule has 0 amide bonds. The molecule has 0 bridgehead atoms. The highest BCUT2D eigenvalue weighted by Crippen LogP contribution is 2.39. The molecule has 7 nitrogen and oxygen atoms in total. The van der Waals surface area contributed by atoms with Crippen molar-refractivity contribution in [2.45, 2.75) is 39.3 Å². The number of hydrogen-bond acceptors (Lipinski definition) is 6. The van der Waals surface area contributed by atoms with Gasteiger partial charge in [0, 0.05) is 29.1 Å². The van der Waals surface area contributed by atoms with Crippen LogP contribution in [-0.2, 0) is 6.54 Å². The first kappa shape index (κ1) is 18.5. The van der Waals surface area contributed by atoms with E-state index >= 15 is 0 Å². The third-order valence-corrected chi connectivity index (χ3v) is 6.38. The smallest absolute Gasteiger partial charge is 0.157 e. The number of rotatable bonds is 3. The van der Waals surface area contributed by atoms with Crippen molar-refractivity contribution in [3.8, 4) is 11.5 Å². The zero-order valence-electron chi connectivity index (χ0n) is 16.7. The van der Waals surface area contributed by atoms with Crippen LogP contribution in [0.15, 0.2) is 27.7 Å². The molecule has 0 unspecified atom stereocenters. The van der Waals surface area contributed by atoms with Gasteiger partial charge in [0.05, 0.1) is 23.8 Å². The summed E-state index contributed by atoms with van der Waals surface area (Å²) in [6.07, 6.45) is 2.11. The summed E-state index contributed by atoms with van der Waals surface area (Å²) in [5, 5.41) is 10.9. The second-order valence-corrected chi connectivity index (χ2v) is 8.25. The van der Waals surface area contributed by atoms with Gasteiger partial charge in [-0.25, -0.2) is 0 Å². The molecule has 1 aromatic carbocycles. The number of benzene rings is 1. The summed E-state index contributed by atoms with van der Waals surface area (Å²) in [7, 11) is 0. The number of amidine groups is 1. The molecule has 1 fully saturated rings. The van der Waals surface area contributed by atoms with Gasteiger partial charge in [-0.2, -0.15) is 10.2 Å². The fraction of sp³-hybridized carbons (Fsp3) is 0.429. The number of halogens is 1. The van der Waals surface area contributed by atoms with E-state index in [1.54, 1.807) is 0 Å². The monoisotopic (exact) mass is 412 g/mol. The summed E-state index contributed by atoms with van der Waals surface area (Å²) < 4.78 is 8.46. The lowest BCUT2D eigenvalue weighted by Crippen LogP contribution is -2.34. The normalized spacial score (nSPS) is 18.0. The average Bonchev–Trinajstić information content (AvgIpc) is 3.27. The Labute approximate surface area is 174 Å². The van der Waals surface area contributed by atoms with Crippen LogP contribution >= 0.6 is 11.6 Å². The summed E-state index contributed by atoms with van der Waals surface area (Å²) in [6, 6.07) is 6.02. The number of piperidine rings is 1. The Morgan fingerprint density at radius 1 is 1.31 bits per heavy atom. The summed E-state index contributed by atoms with van der Waals surface area (Å²) in [5.74, 6) is 1.25. The van der Waals surface area contributed by atoms with Gasteiger partial charge in [0.1, 0.15) is 11.3 Å². The third kappa shape index (κ3) is 3.00. The molecular weight excluding hydrogens is 388 g/mol. The third-order valence-electron chi connectivity index (χ3n) is 6.15. The standard InChI is InChI=1S/C21H25ClN6O/c1-3-27-8-6-14(7-9-27)28-19(18-16(26-28)11-24-25-21(18)23)20-12(2)15-10-13(22)4-5-17(15)29-20/h4-5,10,14,24H,3,6-9,11H2,1-2H3,(H2,23,25). The molecule has 8 heteroatoms. The Balaban J connectivity index is 1.69. The van der Waals surface area contributed by atoms with Crippen molar-refractivity contribution in [2.75, 3.05) is 19.6 Å². The van der Waals surface area contributed by atoms with E-state index < -0.39 is 0 Å². The number of likely N-dealkylation sites (tertiary alicyclic amines) is 1. The predicted molar refractivity (Wildman–Crippen MR) is 115 cm³/mol. The Morgan fingerprint density at radius 2 is 2.10 bits per heavy atom. The van der Waals surface area contributed by atoms with Crippen molar-refractivity contribution in [1.29, 1.82) is 0 Å². The second kappa shape index (κ2) is 7.07. The second-order valence-electron chi connectivity index (χ2n) is 7.81. The Hall–Kier alpha value is -2.51. The molecule has 29 heavy (non-hydrogen) atoms. The van der Waals surface area contributed by atoms with E-state index in [1.807, 2.05) is 18.2 Å². The van der Waals surface area contributed by atoms with Crippen LogP contribution in [0.5, 0.6) is 0 Å². The van der Waals surface area contributed by atoms with Gasteiger partial charge in [0.25, 0.3) is 0 Å². The SMILES string of the molecule is CCN1CCC(n2nc3c(c2-c2oc4ccc(Cl)cc4c2C)C(N)=NNC3)CC1. The number of aromatic nitrogens is 2. The molecule has 5 rings (SSSR count). The quantitative estimate of drug-likeness (QED) is 0.686. The highest BCUT2D eigenvalue weighted by molar-refractivity contribution is 6.31. The molecule has 0 spiro atoms. The van der Waals surface area contributed by atoms with Crippen LogP contribution in [-0.4, -0.2) is 40.2 Å². The summed E-state index contributed by atoms with van der Waals surface area (Å²) in [4.78, 5) is 2.48. The maximum absolute atomic E-state index is 6.33. The summed E-state index contributed by atoms with van der Waals surface area (Å²) in [5.41, 5.74) is 13.9. The van der Waals surface area contributed by atoms with Crippen LogP contribution in [0.3, 0.4) is 0 Å². The van der Waals surface area contributed by atoms with Gasteiger partial charge in [-0.3, -0.25) is 4.68 Å². The average molecular weight is 413 g/mol. The van der Waals surface area contributed by atoms with Crippen LogP contribution in [0.2, 0.25) is 5.02 Å². The van der Waals surface area contributed by atoms with Crippen molar-refractivity contribution in [3.05, 3.63) is 40.0 Å². The van der Waals surface area contributed by atoms with Crippen LogP contribution in [0.4, 0.5) is 0 Å². The van der Waals surface area contributed by atoms with Crippen molar-refractivity contribution >= 4 is 28.4 Å². The van der Waals surface area contributed by atoms with E-state index in [0.717, 1.165) is 71.7 Å². The van der Waals surface area contributed by atoms with Gasteiger partial charge in [-0.1, -0.05) is 18.5 Å². The van der Waals surface area contributed by atoms with Gasteiger partial charge in [-0.15, -0.1) is 0 Å². The molecule has 0 radical (unpaired) electrons. The van der Waals surface area contributed by atoms with E-state index in [2.05, 4.69) is 34.0 Å². The van der Waals surface area contributed by atoms with E-state index in [0.29, 0.717) is 23.4 Å². The Bertz CT molecular complexity index is 1110. The number of nitrogens with one attached hydrogen (secondary N) is 1. The number of hydrazone groups is 1. The van der Waals surface area contributed by atoms with Crippen molar-refractivity contribution < 1.29 is 4.42 Å². The number of nitrogens with two attached hydrogens (primary N) is 1. The minimum Gasteiger partial charge on any atom is -0.454 e. The van der Waals surface area contributed by atoms with Gasteiger partial charge in [0.15, 0.2) is 11.6 Å². The van der Waals surface area contributed by atoms with Gasteiger partial charge in [-0.05, 0) is 44.5 Å².